The van der Waals surface area contributed by atoms with Crippen LogP contribution >= 0.6 is 0 Å². The van der Waals surface area contributed by atoms with Gasteiger partial charge in [0.2, 0.25) is 0 Å². The Balaban J connectivity index is 6.14. The van der Waals surface area contributed by atoms with Gasteiger partial charge in [0.05, 0.1) is 0 Å². The van der Waals surface area contributed by atoms with Crippen molar-refractivity contribution in [2.45, 2.75) is 78.6 Å². The van der Waals surface area contributed by atoms with Crippen LogP contribution in [0.5, 0.6) is 0 Å². The Kier molecular flexibility index (Phi) is 13.7. The highest BCUT2D eigenvalue weighted by Gasteiger charge is 2.60. The van der Waals surface area contributed by atoms with Crippen LogP contribution in [0.15, 0.2) is 0 Å². The second-order valence-electron chi connectivity index (χ2n) is 8.10. The SMILES string of the molecule is C[SiH](C)O[Si](O[SiH](C)C)(O[SiH](C)C)O[Si](O[SiH](C)C)(O[SiH](C)C)O[SiH](C)C. The van der Waals surface area contributed by atoms with Crippen molar-refractivity contribution in [1.82, 2.24) is 0 Å². The Hall–Kier alpha value is 1.46. The molecule has 0 aromatic carbocycles. The summed E-state index contributed by atoms with van der Waals surface area (Å²) >= 11 is 0. The molecule has 0 amide bonds. The first-order chi connectivity index (χ1) is 12.2. The predicted octanol–water partition coefficient (Wildman–Crippen LogP) is 1.87. The normalized spacial score (nSPS) is 14.0. The van der Waals surface area contributed by atoms with Crippen molar-refractivity contribution in [2.75, 3.05) is 0 Å². The third-order valence-corrected chi connectivity index (χ3v) is 22.8. The van der Waals surface area contributed by atoms with Gasteiger partial charge >= 0.3 is 18.1 Å². The fraction of sp³-hybridized carbons (Fsp3) is 1.00. The number of rotatable bonds is 14. The zero-order valence-corrected chi connectivity index (χ0v) is 28.3. The Morgan fingerprint density at radius 2 is 0.481 bits per heavy atom. The van der Waals surface area contributed by atoms with E-state index in [1.807, 2.05) is 0 Å². The van der Waals surface area contributed by atoms with Gasteiger partial charge in [-0.3, -0.25) is 0 Å². The molecule has 0 saturated heterocycles. The molecule has 0 fully saturated rings. The fourth-order valence-corrected chi connectivity index (χ4v) is 25.4. The number of hydrogen-bond donors (Lipinski definition) is 0. The number of hydrogen-bond acceptors (Lipinski definition) is 7. The average Bonchev–Trinajstić information content (AvgIpc) is 2.30. The van der Waals surface area contributed by atoms with Gasteiger partial charge in [-0.1, -0.05) is 0 Å². The molecule has 27 heavy (non-hydrogen) atoms. The average molecular weight is 523 g/mol. The molecule has 0 saturated carbocycles. The maximum absolute atomic E-state index is 6.64. The zero-order chi connectivity index (χ0) is 21.4. The molecule has 0 radical (unpaired) electrons. The standard InChI is InChI=1S/C12H42O7Si8/c1-20(2)13-26(14-21(3)4,15-22(5)6)19-27(16-23(7)8,17-24(9)10)18-25(11)12/h20-25H,1-12H3. The van der Waals surface area contributed by atoms with E-state index in [0.717, 1.165) is 0 Å². The third kappa shape index (κ3) is 12.7. The van der Waals surface area contributed by atoms with Crippen molar-refractivity contribution in [3.05, 3.63) is 0 Å². The predicted molar refractivity (Wildman–Crippen MR) is 132 cm³/mol. The third-order valence-electron chi connectivity index (χ3n) is 2.53. The smallest absolute Gasteiger partial charge is 0.399 e. The van der Waals surface area contributed by atoms with Gasteiger partial charge in [-0.2, -0.15) is 0 Å². The van der Waals surface area contributed by atoms with E-state index >= 15 is 0 Å². The molecule has 0 heterocycles. The summed E-state index contributed by atoms with van der Waals surface area (Å²) in [6.07, 6.45) is 0. The Bertz CT molecular complexity index is 322. The molecule has 7 nitrogen and oxygen atoms in total. The van der Waals surface area contributed by atoms with Crippen molar-refractivity contribution in [2.24, 2.45) is 0 Å². The summed E-state index contributed by atoms with van der Waals surface area (Å²) < 4.78 is 44.9. The summed E-state index contributed by atoms with van der Waals surface area (Å²) in [5, 5.41) is 0. The molecule has 0 aromatic heterocycles. The first-order valence-corrected chi connectivity index (χ1v) is 29.9. The van der Waals surface area contributed by atoms with E-state index in [-0.39, 0.29) is 0 Å². The van der Waals surface area contributed by atoms with Crippen LogP contribution in [-0.4, -0.2) is 72.3 Å². The summed E-state index contributed by atoms with van der Waals surface area (Å²) in [5.41, 5.74) is 0. The first-order valence-electron chi connectivity index (χ1n) is 9.98. The zero-order valence-electron chi connectivity index (χ0n) is 19.3. The summed E-state index contributed by atoms with van der Waals surface area (Å²) in [4.78, 5) is 0. The van der Waals surface area contributed by atoms with Crippen molar-refractivity contribution in [1.29, 1.82) is 0 Å². The fourth-order valence-electron chi connectivity index (χ4n) is 2.20. The van der Waals surface area contributed by atoms with Gasteiger partial charge in [0.15, 0.2) is 54.2 Å². The Labute approximate surface area is 179 Å². The van der Waals surface area contributed by atoms with Gasteiger partial charge in [-0.05, 0) is 78.6 Å². The largest absolute Gasteiger partial charge is 0.641 e. The summed E-state index contributed by atoms with van der Waals surface area (Å²) in [6, 6.07) is 0. The van der Waals surface area contributed by atoms with Crippen LogP contribution < -0.4 is 0 Å². The Morgan fingerprint density at radius 1 is 0.333 bits per heavy atom. The van der Waals surface area contributed by atoms with Gasteiger partial charge in [0.1, 0.15) is 0 Å². The molecule has 0 aliphatic rings. The molecular formula is C12H42O7Si8. The molecule has 0 aliphatic carbocycles. The molecule has 0 bridgehead atoms. The summed E-state index contributed by atoms with van der Waals surface area (Å²) in [7, 11) is -15.7. The van der Waals surface area contributed by atoms with Crippen LogP contribution in [0.4, 0.5) is 0 Å². The molecule has 0 atom stereocenters. The molecule has 0 unspecified atom stereocenters. The molecule has 0 rings (SSSR count). The molecule has 15 heteroatoms. The van der Waals surface area contributed by atoms with Crippen molar-refractivity contribution in [3.8, 4) is 0 Å². The van der Waals surface area contributed by atoms with Crippen molar-refractivity contribution < 1.29 is 28.8 Å². The lowest BCUT2D eigenvalue weighted by Gasteiger charge is -2.41. The topological polar surface area (TPSA) is 64.6 Å². The lowest BCUT2D eigenvalue weighted by Crippen LogP contribution is -2.67. The molecule has 0 N–H and O–H groups in total. The molecule has 164 valence electrons. The lowest BCUT2D eigenvalue weighted by molar-refractivity contribution is 0.0762. The summed E-state index contributed by atoms with van der Waals surface area (Å²) in [5.74, 6) is 0. The van der Waals surface area contributed by atoms with E-state index in [1.54, 1.807) is 0 Å². The van der Waals surface area contributed by atoms with E-state index in [9.17, 15) is 0 Å². The minimum Gasteiger partial charge on any atom is -0.399 e. The van der Waals surface area contributed by atoms with Gasteiger partial charge in [-0.25, -0.2) is 0 Å². The van der Waals surface area contributed by atoms with Crippen molar-refractivity contribution in [3.63, 3.8) is 0 Å². The first kappa shape index (κ1) is 28.5. The van der Waals surface area contributed by atoms with Crippen LogP contribution in [0, 0.1) is 0 Å². The van der Waals surface area contributed by atoms with Crippen molar-refractivity contribution >= 4 is 72.3 Å². The lowest BCUT2D eigenvalue weighted by atomic mass is 11.9. The second kappa shape index (κ2) is 13.0. The molecular weight excluding hydrogens is 481 g/mol. The highest BCUT2D eigenvalue weighted by atomic mass is 28.6. The van der Waals surface area contributed by atoms with Gasteiger partial charge < -0.3 is 28.8 Å². The quantitative estimate of drug-likeness (QED) is 0.323. The molecule has 0 spiro atoms. The van der Waals surface area contributed by atoms with Crippen LogP contribution in [0.1, 0.15) is 0 Å². The Morgan fingerprint density at radius 3 is 0.593 bits per heavy atom. The van der Waals surface area contributed by atoms with Crippen LogP contribution in [0.2, 0.25) is 78.6 Å². The van der Waals surface area contributed by atoms with E-state index in [1.165, 1.54) is 0 Å². The van der Waals surface area contributed by atoms with E-state index in [2.05, 4.69) is 78.6 Å². The van der Waals surface area contributed by atoms with E-state index in [4.69, 9.17) is 28.8 Å². The molecule has 0 aliphatic heterocycles. The van der Waals surface area contributed by atoms with Crippen LogP contribution in [0.25, 0.3) is 0 Å². The summed E-state index contributed by atoms with van der Waals surface area (Å²) in [6.45, 7) is 25.3. The monoisotopic (exact) mass is 522 g/mol. The van der Waals surface area contributed by atoms with Crippen LogP contribution in [-0.2, 0) is 28.8 Å². The van der Waals surface area contributed by atoms with Gasteiger partial charge in [0, 0.05) is 0 Å². The van der Waals surface area contributed by atoms with E-state index < -0.39 is 72.3 Å². The molecule has 0 aromatic rings. The van der Waals surface area contributed by atoms with E-state index in [0.29, 0.717) is 0 Å². The van der Waals surface area contributed by atoms with Crippen LogP contribution in [0.3, 0.4) is 0 Å². The minimum atomic E-state index is -3.38. The minimum absolute atomic E-state index is 1.49. The highest BCUT2D eigenvalue weighted by Crippen LogP contribution is 2.26. The van der Waals surface area contributed by atoms with Gasteiger partial charge in [0.25, 0.3) is 0 Å². The maximum Gasteiger partial charge on any atom is 0.641 e. The maximum atomic E-state index is 6.64. The van der Waals surface area contributed by atoms with Gasteiger partial charge in [-0.15, -0.1) is 0 Å². The second-order valence-corrected chi connectivity index (χ2v) is 29.2. The highest BCUT2D eigenvalue weighted by molar-refractivity contribution is 6.85.